The molecule has 1 amide bonds. The Hall–Kier alpha value is -0.930. The fourth-order valence-electron chi connectivity index (χ4n) is 1.69. The molecule has 5 heteroatoms. The number of amides is 1. The zero-order valence-electron chi connectivity index (χ0n) is 8.81. The average molecular weight is 259 g/mol. The van der Waals surface area contributed by atoms with Gasteiger partial charge in [-0.05, 0) is 18.6 Å². The van der Waals surface area contributed by atoms with Gasteiger partial charge < -0.3 is 10.6 Å². The molecule has 1 unspecified atom stereocenters. The Morgan fingerprint density at radius 3 is 2.56 bits per heavy atom. The second-order valence-electron chi connectivity index (χ2n) is 3.79. The number of carbonyl (C=O) groups is 1. The molecule has 1 aliphatic rings. The number of carbonyl (C=O) groups excluding carboxylic acids is 1. The van der Waals surface area contributed by atoms with E-state index < -0.39 is 0 Å². The SMILES string of the molecule is CCC1CNc2cc(Cl)c(Cl)cc2NC1=O. The molecule has 1 aromatic carbocycles. The highest BCUT2D eigenvalue weighted by molar-refractivity contribution is 6.42. The highest BCUT2D eigenvalue weighted by atomic mass is 35.5. The monoisotopic (exact) mass is 258 g/mol. The summed E-state index contributed by atoms with van der Waals surface area (Å²) in [5.74, 6) is -0.00269. The number of anilines is 2. The van der Waals surface area contributed by atoms with E-state index in [9.17, 15) is 4.79 Å². The smallest absolute Gasteiger partial charge is 0.229 e. The average Bonchev–Trinajstić information content (AvgIpc) is 2.38. The second kappa shape index (κ2) is 4.52. The fourth-order valence-corrected chi connectivity index (χ4v) is 2.01. The quantitative estimate of drug-likeness (QED) is 0.811. The summed E-state index contributed by atoms with van der Waals surface area (Å²) >= 11 is 11.8. The van der Waals surface area contributed by atoms with Gasteiger partial charge in [-0.2, -0.15) is 0 Å². The first-order chi connectivity index (χ1) is 7.61. The van der Waals surface area contributed by atoms with Gasteiger partial charge in [-0.15, -0.1) is 0 Å². The van der Waals surface area contributed by atoms with Gasteiger partial charge >= 0.3 is 0 Å². The van der Waals surface area contributed by atoms with Gasteiger partial charge in [0.05, 0.1) is 27.3 Å². The number of rotatable bonds is 1. The van der Waals surface area contributed by atoms with Crippen LogP contribution in [0.25, 0.3) is 0 Å². The molecule has 1 heterocycles. The molecule has 0 spiro atoms. The molecule has 0 aliphatic carbocycles. The van der Waals surface area contributed by atoms with Crippen LogP contribution >= 0.6 is 23.2 Å². The third-order valence-corrected chi connectivity index (χ3v) is 3.44. The van der Waals surface area contributed by atoms with Gasteiger partial charge in [0, 0.05) is 6.54 Å². The largest absolute Gasteiger partial charge is 0.383 e. The van der Waals surface area contributed by atoms with Crippen molar-refractivity contribution < 1.29 is 4.79 Å². The molecule has 2 N–H and O–H groups in total. The van der Waals surface area contributed by atoms with E-state index in [1.165, 1.54) is 0 Å². The molecule has 1 atom stereocenters. The molecular formula is C11H12Cl2N2O. The van der Waals surface area contributed by atoms with Crippen molar-refractivity contribution in [2.45, 2.75) is 13.3 Å². The van der Waals surface area contributed by atoms with Crippen LogP contribution in [0.3, 0.4) is 0 Å². The normalized spacial score (nSPS) is 19.4. The van der Waals surface area contributed by atoms with Crippen molar-refractivity contribution in [2.75, 3.05) is 17.2 Å². The summed E-state index contributed by atoms with van der Waals surface area (Å²) in [4.78, 5) is 11.8. The highest BCUT2D eigenvalue weighted by Crippen LogP contribution is 2.34. The molecule has 1 aromatic rings. The van der Waals surface area contributed by atoms with Gasteiger partial charge in [0.1, 0.15) is 0 Å². The molecular weight excluding hydrogens is 247 g/mol. The van der Waals surface area contributed by atoms with Gasteiger partial charge in [0.25, 0.3) is 0 Å². The minimum Gasteiger partial charge on any atom is -0.383 e. The first-order valence-corrected chi connectivity index (χ1v) is 5.91. The van der Waals surface area contributed by atoms with Crippen molar-refractivity contribution in [3.8, 4) is 0 Å². The molecule has 3 nitrogen and oxygen atoms in total. The van der Waals surface area contributed by atoms with Crippen LogP contribution in [0.5, 0.6) is 0 Å². The zero-order chi connectivity index (χ0) is 11.7. The molecule has 2 rings (SSSR count). The number of halogens is 2. The molecule has 0 fully saturated rings. The van der Waals surface area contributed by atoms with Gasteiger partial charge in [0.2, 0.25) is 5.91 Å². The summed E-state index contributed by atoms with van der Waals surface area (Å²) in [5.41, 5.74) is 1.51. The van der Waals surface area contributed by atoms with Crippen LogP contribution < -0.4 is 10.6 Å². The van der Waals surface area contributed by atoms with Crippen molar-refractivity contribution in [2.24, 2.45) is 5.92 Å². The number of benzene rings is 1. The Kier molecular flexibility index (Phi) is 3.26. The molecule has 1 aliphatic heterocycles. The molecule has 0 bridgehead atoms. The van der Waals surface area contributed by atoms with Gasteiger partial charge in [-0.25, -0.2) is 0 Å². The van der Waals surface area contributed by atoms with Crippen LogP contribution in [0.2, 0.25) is 10.0 Å². The van der Waals surface area contributed by atoms with E-state index >= 15 is 0 Å². The fraction of sp³-hybridized carbons (Fsp3) is 0.364. The summed E-state index contributed by atoms with van der Waals surface area (Å²) < 4.78 is 0. The summed E-state index contributed by atoms with van der Waals surface area (Å²) in [7, 11) is 0. The number of nitrogens with one attached hydrogen (secondary N) is 2. The van der Waals surface area contributed by atoms with Gasteiger partial charge in [-0.1, -0.05) is 30.1 Å². The Bertz CT molecular complexity index is 434. The summed E-state index contributed by atoms with van der Waals surface area (Å²) in [6.45, 7) is 2.61. The Labute approximate surface area is 104 Å². The maximum atomic E-state index is 11.8. The molecule has 0 aromatic heterocycles. The number of fused-ring (bicyclic) bond motifs is 1. The predicted molar refractivity (Wildman–Crippen MR) is 67.4 cm³/mol. The molecule has 16 heavy (non-hydrogen) atoms. The summed E-state index contributed by atoms with van der Waals surface area (Å²) in [6.07, 6.45) is 0.800. The maximum absolute atomic E-state index is 11.8. The summed E-state index contributed by atoms with van der Waals surface area (Å²) in [5, 5.41) is 6.97. The van der Waals surface area contributed by atoms with Crippen LogP contribution in [-0.4, -0.2) is 12.5 Å². The van der Waals surface area contributed by atoms with E-state index in [2.05, 4.69) is 10.6 Å². The van der Waals surface area contributed by atoms with E-state index in [0.29, 0.717) is 22.3 Å². The third-order valence-electron chi connectivity index (χ3n) is 2.72. The third kappa shape index (κ3) is 2.11. The second-order valence-corrected chi connectivity index (χ2v) is 4.60. The Morgan fingerprint density at radius 1 is 1.31 bits per heavy atom. The van der Waals surface area contributed by atoms with Crippen molar-refractivity contribution >= 4 is 40.5 Å². The van der Waals surface area contributed by atoms with Crippen LogP contribution in [-0.2, 0) is 4.79 Å². The van der Waals surface area contributed by atoms with Crippen LogP contribution in [0.15, 0.2) is 12.1 Å². The van der Waals surface area contributed by atoms with Crippen molar-refractivity contribution in [1.29, 1.82) is 0 Å². The van der Waals surface area contributed by atoms with E-state index in [1.54, 1.807) is 12.1 Å². The molecule has 0 radical (unpaired) electrons. The van der Waals surface area contributed by atoms with E-state index in [0.717, 1.165) is 12.1 Å². The Morgan fingerprint density at radius 2 is 1.94 bits per heavy atom. The van der Waals surface area contributed by atoms with Gasteiger partial charge in [-0.3, -0.25) is 4.79 Å². The zero-order valence-corrected chi connectivity index (χ0v) is 10.3. The minimum absolute atomic E-state index is 0.0205. The summed E-state index contributed by atoms with van der Waals surface area (Å²) in [6, 6.07) is 3.40. The maximum Gasteiger partial charge on any atom is 0.229 e. The minimum atomic E-state index is -0.0232. The van der Waals surface area contributed by atoms with Crippen LogP contribution in [0.4, 0.5) is 11.4 Å². The number of hydrogen-bond donors (Lipinski definition) is 2. The van der Waals surface area contributed by atoms with E-state index in [-0.39, 0.29) is 11.8 Å². The first kappa shape index (κ1) is 11.6. The van der Waals surface area contributed by atoms with E-state index in [1.807, 2.05) is 6.92 Å². The van der Waals surface area contributed by atoms with Crippen molar-refractivity contribution in [3.05, 3.63) is 22.2 Å². The lowest BCUT2D eigenvalue weighted by atomic mass is 10.1. The highest BCUT2D eigenvalue weighted by Gasteiger charge is 2.22. The predicted octanol–water partition coefficient (Wildman–Crippen LogP) is 3.38. The topological polar surface area (TPSA) is 41.1 Å². The number of hydrogen-bond acceptors (Lipinski definition) is 2. The lowest BCUT2D eigenvalue weighted by Gasteiger charge is -2.09. The van der Waals surface area contributed by atoms with Gasteiger partial charge in [0.15, 0.2) is 0 Å². The van der Waals surface area contributed by atoms with Crippen molar-refractivity contribution in [3.63, 3.8) is 0 Å². The molecule has 0 saturated carbocycles. The van der Waals surface area contributed by atoms with E-state index in [4.69, 9.17) is 23.2 Å². The standard InChI is InChI=1S/C11H12Cl2N2O/c1-2-6-5-14-9-3-7(12)8(13)4-10(9)15-11(6)16/h3-4,6,14H,2,5H2,1H3,(H,15,16). The Balaban J connectivity index is 2.37. The van der Waals surface area contributed by atoms with Crippen molar-refractivity contribution in [1.82, 2.24) is 0 Å². The molecule has 0 saturated heterocycles. The molecule has 86 valence electrons. The van der Waals surface area contributed by atoms with Crippen LogP contribution in [0, 0.1) is 5.92 Å². The lowest BCUT2D eigenvalue weighted by Crippen LogP contribution is -2.24. The first-order valence-electron chi connectivity index (χ1n) is 5.15. The van der Waals surface area contributed by atoms with Crippen LogP contribution in [0.1, 0.15) is 13.3 Å². The lowest BCUT2D eigenvalue weighted by molar-refractivity contribution is -0.119.